The van der Waals surface area contributed by atoms with Crippen LogP contribution < -0.4 is 0 Å². The average Bonchev–Trinajstić information content (AvgIpc) is 2.06. The molecule has 0 radical (unpaired) electrons. The van der Waals surface area contributed by atoms with E-state index in [9.17, 15) is 0 Å². The number of rotatable bonds is 3. The highest BCUT2D eigenvalue weighted by atomic mass is 13.8. The molecule has 0 nitrogen and oxygen atoms in total. The van der Waals surface area contributed by atoms with Crippen molar-refractivity contribution in [3.63, 3.8) is 0 Å². The second-order valence-corrected chi connectivity index (χ2v) is 1.84. The number of hydrogen-bond donors (Lipinski definition) is 0. The Bertz CT molecular complexity index is 53.1. The van der Waals surface area contributed by atoms with Crippen LogP contribution in [0.5, 0.6) is 0 Å². The van der Waals surface area contributed by atoms with Crippen LogP contribution in [-0.2, 0) is 0 Å². The molecule has 0 unspecified atom stereocenters. The van der Waals surface area contributed by atoms with Crippen LogP contribution in [0.3, 0.4) is 0 Å². The molecular weight excluding hydrogens is 132 g/mol. The van der Waals surface area contributed by atoms with Gasteiger partial charge in [-0.15, -0.1) is 13.2 Å². The molecule has 0 rings (SSSR count). The summed E-state index contributed by atoms with van der Waals surface area (Å²) < 4.78 is 0. The molecule has 0 aliphatic carbocycles. The highest BCUT2D eigenvalue weighted by molar-refractivity contribution is 4.64. The van der Waals surface area contributed by atoms with E-state index in [1.54, 1.807) is 6.08 Å². The molecule has 68 valence electrons. The van der Waals surface area contributed by atoms with Crippen LogP contribution in [0.15, 0.2) is 25.3 Å². The zero-order valence-corrected chi connectivity index (χ0v) is 8.69. The largest absolute Gasteiger partial charge is 0.103 e. The van der Waals surface area contributed by atoms with E-state index in [2.05, 4.69) is 20.1 Å². The van der Waals surface area contributed by atoms with Crippen molar-refractivity contribution in [2.75, 3.05) is 0 Å². The van der Waals surface area contributed by atoms with Gasteiger partial charge in [-0.3, -0.25) is 0 Å². The van der Waals surface area contributed by atoms with Crippen LogP contribution in [0, 0.1) is 0 Å². The lowest BCUT2D eigenvalue weighted by Gasteiger charge is -1.81. The summed E-state index contributed by atoms with van der Waals surface area (Å²) in [5, 5.41) is 0. The number of unbranched alkanes of at least 4 members (excludes halogenated alkanes) is 2. The minimum absolute atomic E-state index is 1.18. The molecule has 11 heavy (non-hydrogen) atoms. The predicted molar refractivity (Wildman–Crippen MR) is 56.9 cm³/mol. The van der Waals surface area contributed by atoms with E-state index in [1.165, 1.54) is 19.3 Å². The summed E-state index contributed by atoms with van der Waals surface area (Å²) in [5.74, 6) is 0. The van der Waals surface area contributed by atoms with E-state index >= 15 is 0 Å². The van der Waals surface area contributed by atoms with Gasteiger partial charge in [0.25, 0.3) is 0 Å². The molecule has 0 heteroatoms. The first-order chi connectivity index (χ1) is 5.33. The molecule has 0 aromatic heterocycles. The van der Waals surface area contributed by atoms with Crippen LogP contribution >= 0.6 is 0 Å². The molecule has 0 N–H and O–H groups in total. The van der Waals surface area contributed by atoms with E-state index in [0.717, 1.165) is 0 Å². The first kappa shape index (κ1) is 16.8. The normalized spacial score (nSPS) is 6.18. The van der Waals surface area contributed by atoms with Crippen molar-refractivity contribution in [2.45, 2.75) is 47.0 Å². The van der Waals surface area contributed by atoms with Crippen molar-refractivity contribution in [3.05, 3.63) is 25.3 Å². The summed E-state index contributed by atoms with van der Waals surface area (Å²) in [5.41, 5.74) is 0. The Morgan fingerprint density at radius 3 is 1.64 bits per heavy atom. The van der Waals surface area contributed by atoms with Crippen molar-refractivity contribution in [2.24, 2.45) is 0 Å². The molecular formula is C11H24. The Morgan fingerprint density at radius 1 is 1.18 bits per heavy atom. The smallest absolute Gasteiger partial charge is 0.0354 e. The molecule has 0 aliphatic rings. The molecule has 0 fully saturated rings. The lowest BCUT2D eigenvalue weighted by molar-refractivity contribution is 0.816. The monoisotopic (exact) mass is 156 g/mol. The Hall–Kier alpha value is -0.520. The maximum atomic E-state index is 3.60. The van der Waals surface area contributed by atoms with Gasteiger partial charge in [0.2, 0.25) is 0 Å². The van der Waals surface area contributed by atoms with Crippen molar-refractivity contribution in [1.29, 1.82) is 0 Å². The van der Waals surface area contributed by atoms with Gasteiger partial charge >= 0.3 is 0 Å². The Balaban J connectivity index is -0.000000109. The molecule has 0 amide bonds. The second-order valence-electron chi connectivity index (χ2n) is 1.84. The van der Waals surface area contributed by atoms with Gasteiger partial charge in [-0.2, -0.15) is 0 Å². The molecule has 0 saturated carbocycles. The van der Waals surface area contributed by atoms with Crippen LogP contribution in [-0.4, -0.2) is 0 Å². The van der Waals surface area contributed by atoms with E-state index < -0.39 is 0 Å². The minimum atomic E-state index is 1.18. The summed E-state index contributed by atoms with van der Waals surface area (Å²) in [6.45, 7) is 15.0. The van der Waals surface area contributed by atoms with Gasteiger partial charge in [-0.25, -0.2) is 0 Å². The third-order valence-electron chi connectivity index (χ3n) is 0.762. The average molecular weight is 156 g/mol. The molecule has 0 aromatic carbocycles. The van der Waals surface area contributed by atoms with Crippen molar-refractivity contribution in [3.8, 4) is 0 Å². The summed E-state index contributed by atoms with van der Waals surface area (Å²) in [4.78, 5) is 0. The van der Waals surface area contributed by atoms with Crippen molar-refractivity contribution < 1.29 is 0 Å². The Kier molecular flexibility index (Phi) is 52.0. The fourth-order valence-electron chi connectivity index (χ4n) is 0.348. The molecule has 0 saturated heterocycles. The third-order valence-corrected chi connectivity index (χ3v) is 0.762. The quantitative estimate of drug-likeness (QED) is 0.414. The fraction of sp³-hybridized carbons (Fsp3) is 0.636. The molecule has 0 aliphatic heterocycles. The van der Waals surface area contributed by atoms with Gasteiger partial charge in [-0.05, 0) is 13.3 Å². The lowest BCUT2D eigenvalue weighted by atomic mass is 10.3. The van der Waals surface area contributed by atoms with Gasteiger partial charge < -0.3 is 0 Å². The van der Waals surface area contributed by atoms with Crippen molar-refractivity contribution in [1.82, 2.24) is 0 Å². The third kappa shape index (κ3) is 86.2. The second kappa shape index (κ2) is 34.0. The summed E-state index contributed by atoms with van der Waals surface area (Å²) in [6, 6.07) is 0. The first-order valence-electron chi connectivity index (χ1n) is 4.51. The van der Waals surface area contributed by atoms with Gasteiger partial charge in [0.05, 0.1) is 0 Å². The summed E-state index contributed by atoms with van der Waals surface area (Å²) in [7, 11) is 0. The molecule has 0 spiro atoms. The van der Waals surface area contributed by atoms with Gasteiger partial charge in [0.15, 0.2) is 0 Å². The fourth-order valence-corrected chi connectivity index (χ4v) is 0.348. The molecule has 0 aromatic rings. The zero-order chi connectivity index (χ0) is 9.54. The van der Waals surface area contributed by atoms with E-state index in [4.69, 9.17) is 0 Å². The molecule has 0 heterocycles. The molecule has 0 bridgehead atoms. The van der Waals surface area contributed by atoms with Crippen LogP contribution in [0.2, 0.25) is 0 Å². The summed E-state index contributed by atoms with van der Waals surface area (Å²) >= 11 is 0. The number of hydrogen-bond acceptors (Lipinski definition) is 0. The topological polar surface area (TPSA) is 0 Å². The van der Waals surface area contributed by atoms with E-state index in [0.29, 0.717) is 0 Å². The van der Waals surface area contributed by atoms with Gasteiger partial charge in [0, 0.05) is 0 Å². The Labute approximate surface area is 73.0 Å². The summed E-state index contributed by atoms with van der Waals surface area (Å²) in [6.07, 6.45) is 7.47. The zero-order valence-electron chi connectivity index (χ0n) is 8.69. The highest BCUT2D eigenvalue weighted by Crippen LogP contribution is 1.91. The maximum Gasteiger partial charge on any atom is -0.0354 e. The van der Waals surface area contributed by atoms with Gasteiger partial charge in [-0.1, -0.05) is 45.8 Å². The Morgan fingerprint density at radius 2 is 1.55 bits per heavy atom. The maximum absolute atomic E-state index is 3.60. The minimum Gasteiger partial charge on any atom is -0.103 e. The lowest BCUT2D eigenvalue weighted by Crippen LogP contribution is -1.61. The highest BCUT2D eigenvalue weighted by Gasteiger charge is 1.71. The van der Waals surface area contributed by atoms with Crippen molar-refractivity contribution >= 4 is 0 Å². The standard InChI is InChI=1S/C6H12.C3H6.C2H6/c1-3-5-6-4-2;1-3-2;1-2/h3H,1,4-6H2,2H3;3H,1H2,2H3;1-2H3. The van der Waals surface area contributed by atoms with Gasteiger partial charge in [0.1, 0.15) is 0 Å². The van der Waals surface area contributed by atoms with Crippen LogP contribution in [0.4, 0.5) is 0 Å². The number of allylic oxidation sites excluding steroid dienone is 2. The van der Waals surface area contributed by atoms with E-state index in [1.807, 2.05) is 26.8 Å². The SMILES string of the molecule is C=CC.C=CCCCC.CC. The predicted octanol–water partition coefficient (Wildman–Crippen LogP) is 4.58. The molecule has 0 atom stereocenters. The van der Waals surface area contributed by atoms with Crippen LogP contribution in [0.1, 0.15) is 47.0 Å². The first-order valence-corrected chi connectivity index (χ1v) is 4.51. The van der Waals surface area contributed by atoms with Crippen LogP contribution in [0.25, 0.3) is 0 Å². The van der Waals surface area contributed by atoms with E-state index in [-0.39, 0.29) is 0 Å².